The van der Waals surface area contributed by atoms with Crippen molar-refractivity contribution in [2.24, 2.45) is 5.73 Å². The summed E-state index contributed by atoms with van der Waals surface area (Å²) in [4.78, 5) is 0. The Balaban J connectivity index is 2.89. The maximum absolute atomic E-state index is 5.49. The lowest BCUT2D eigenvalue weighted by Gasteiger charge is -2.03. The van der Waals surface area contributed by atoms with Gasteiger partial charge in [-0.2, -0.15) is 0 Å². The van der Waals surface area contributed by atoms with E-state index in [1.54, 1.807) is 0 Å². The molecule has 0 aromatic heterocycles. The monoisotopic (exact) mass is 299 g/mol. The van der Waals surface area contributed by atoms with E-state index in [1.165, 1.54) is 119 Å². The largest absolute Gasteiger partial charge is 0.330 e. The SMILES string of the molecule is NCCCCCCCCCCCCCCCCCC[SiH3]. The third kappa shape index (κ3) is 18.2. The molecule has 0 rings (SSSR count). The molecule has 0 spiro atoms. The Kier molecular flexibility index (Phi) is 19.3. The quantitative estimate of drug-likeness (QED) is 0.298. The molecule has 0 bridgehead atoms. The third-order valence-corrected chi connectivity index (χ3v) is 5.01. The maximum atomic E-state index is 5.49. The molecule has 0 saturated carbocycles. The summed E-state index contributed by atoms with van der Waals surface area (Å²) in [5.74, 6) is 0. The zero-order valence-corrected chi connectivity index (χ0v) is 16.3. The van der Waals surface area contributed by atoms with Gasteiger partial charge in [0.2, 0.25) is 0 Å². The zero-order chi connectivity index (χ0) is 14.7. The van der Waals surface area contributed by atoms with Crippen LogP contribution < -0.4 is 5.73 Å². The Morgan fingerprint density at radius 1 is 0.400 bits per heavy atom. The second-order valence-corrected chi connectivity index (χ2v) is 7.45. The lowest BCUT2D eigenvalue weighted by atomic mass is 10.0. The predicted molar refractivity (Wildman–Crippen MR) is 97.7 cm³/mol. The van der Waals surface area contributed by atoms with Gasteiger partial charge < -0.3 is 5.73 Å². The normalized spacial score (nSPS) is 11.2. The van der Waals surface area contributed by atoms with Crippen LogP contribution in [-0.4, -0.2) is 16.8 Å². The van der Waals surface area contributed by atoms with Gasteiger partial charge in [0.25, 0.3) is 0 Å². The van der Waals surface area contributed by atoms with Gasteiger partial charge in [0.15, 0.2) is 0 Å². The van der Waals surface area contributed by atoms with Gasteiger partial charge in [0.05, 0.1) is 0 Å². The molecule has 0 radical (unpaired) electrons. The molecule has 0 aliphatic carbocycles. The molecule has 122 valence electrons. The molecule has 0 atom stereocenters. The average molecular weight is 300 g/mol. The van der Waals surface area contributed by atoms with Crippen LogP contribution in [0, 0.1) is 0 Å². The molecule has 2 N–H and O–H groups in total. The van der Waals surface area contributed by atoms with Crippen LogP contribution in [-0.2, 0) is 0 Å². The van der Waals surface area contributed by atoms with Crippen molar-refractivity contribution in [2.75, 3.05) is 6.54 Å². The topological polar surface area (TPSA) is 26.0 Å². The van der Waals surface area contributed by atoms with Crippen LogP contribution >= 0.6 is 0 Å². The zero-order valence-electron chi connectivity index (χ0n) is 14.3. The maximum Gasteiger partial charge on any atom is 0.00279 e. The molecule has 20 heavy (non-hydrogen) atoms. The molecule has 0 unspecified atom stereocenters. The number of hydrogen-bond acceptors (Lipinski definition) is 1. The first-order valence-corrected chi connectivity index (χ1v) is 11.0. The Labute approximate surface area is 131 Å². The van der Waals surface area contributed by atoms with E-state index in [0.29, 0.717) is 0 Å². The highest BCUT2D eigenvalue weighted by molar-refractivity contribution is 6.08. The number of nitrogens with two attached hydrogens (primary N) is 1. The molecule has 0 saturated heterocycles. The van der Waals surface area contributed by atoms with Crippen molar-refractivity contribution < 1.29 is 0 Å². The smallest absolute Gasteiger partial charge is 0.00279 e. The number of hydrogen-bond donors (Lipinski definition) is 1. The number of rotatable bonds is 17. The van der Waals surface area contributed by atoms with Crippen LogP contribution in [0.3, 0.4) is 0 Å². The Bertz CT molecular complexity index is 143. The van der Waals surface area contributed by atoms with Crippen LogP contribution in [0.5, 0.6) is 0 Å². The van der Waals surface area contributed by atoms with Crippen molar-refractivity contribution in [1.82, 2.24) is 0 Å². The summed E-state index contributed by atoms with van der Waals surface area (Å²) in [5.41, 5.74) is 5.49. The summed E-state index contributed by atoms with van der Waals surface area (Å²) in [6, 6.07) is 1.51. The van der Waals surface area contributed by atoms with Crippen molar-refractivity contribution in [3.05, 3.63) is 0 Å². The van der Waals surface area contributed by atoms with Gasteiger partial charge in [-0.05, 0) is 13.0 Å². The second-order valence-electron chi connectivity index (χ2n) is 6.45. The molecular weight excluding hydrogens is 258 g/mol. The van der Waals surface area contributed by atoms with E-state index < -0.39 is 0 Å². The van der Waals surface area contributed by atoms with Crippen LogP contribution in [0.1, 0.15) is 103 Å². The van der Waals surface area contributed by atoms with Crippen LogP contribution in [0.15, 0.2) is 0 Å². The van der Waals surface area contributed by atoms with Gasteiger partial charge in [0.1, 0.15) is 0 Å². The lowest BCUT2D eigenvalue weighted by molar-refractivity contribution is 0.530. The summed E-state index contributed by atoms with van der Waals surface area (Å²) in [7, 11) is 1.41. The summed E-state index contributed by atoms with van der Waals surface area (Å²) < 4.78 is 0. The molecule has 0 aromatic carbocycles. The minimum absolute atomic E-state index is 0.875. The van der Waals surface area contributed by atoms with Crippen molar-refractivity contribution in [3.63, 3.8) is 0 Å². The van der Waals surface area contributed by atoms with Crippen molar-refractivity contribution >= 4 is 10.2 Å². The van der Waals surface area contributed by atoms with Gasteiger partial charge in [-0.3, -0.25) is 0 Å². The molecule has 1 nitrogen and oxygen atoms in total. The minimum atomic E-state index is 0.875. The minimum Gasteiger partial charge on any atom is -0.330 e. The van der Waals surface area contributed by atoms with Crippen LogP contribution in [0.25, 0.3) is 0 Å². The van der Waals surface area contributed by atoms with E-state index in [4.69, 9.17) is 5.73 Å². The van der Waals surface area contributed by atoms with E-state index in [9.17, 15) is 0 Å². The van der Waals surface area contributed by atoms with Gasteiger partial charge in [-0.15, -0.1) is 0 Å². The van der Waals surface area contributed by atoms with Crippen molar-refractivity contribution in [2.45, 2.75) is 109 Å². The highest BCUT2D eigenvalue weighted by atomic mass is 28.1. The predicted octanol–water partition coefficient (Wildman–Crippen LogP) is 4.97. The summed E-state index contributed by atoms with van der Waals surface area (Å²) in [6.45, 7) is 0.875. The van der Waals surface area contributed by atoms with Crippen molar-refractivity contribution in [1.29, 1.82) is 0 Å². The highest BCUT2D eigenvalue weighted by Gasteiger charge is 1.94. The van der Waals surface area contributed by atoms with E-state index in [0.717, 1.165) is 6.54 Å². The fraction of sp³-hybridized carbons (Fsp3) is 1.00. The lowest BCUT2D eigenvalue weighted by Crippen LogP contribution is -1.97. The summed E-state index contributed by atoms with van der Waals surface area (Å²) in [5, 5.41) is 0. The summed E-state index contributed by atoms with van der Waals surface area (Å²) in [6.07, 6.45) is 23.2. The molecule has 2 heteroatoms. The molecule has 0 aliphatic heterocycles. The van der Waals surface area contributed by atoms with E-state index in [2.05, 4.69) is 0 Å². The molecule has 0 amide bonds. The van der Waals surface area contributed by atoms with E-state index >= 15 is 0 Å². The van der Waals surface area contributed by atoms with Crippen molar-refractivity contribution in [3.8, 4) is 0 Å². The van der Waals surface area contributed by atoms with Crippen LogP contribution in [0.4, 0.5) is 0 Å². The molecule has 0 heterocycles. The third-order valence-electron chi connectivity index (χ3n) is 4.31. The Morgan fingerprint density at radius 3 is 0.900 bits per heavy atom. The Morgan fingerprint density at radius 2 is 0.650 bits per heavy atom. The molecule has 0 aliphatic rings. The van der Waals surface area contributed by atoms with Crippen LogP contribution in [0.2, 0.25) is 6.04 Å². The molecule has 0 aromatic rings. The van der Waals surface area contributed by atoms with Gasteiger partial charge in [-0.1, -0.05) is 102 Å². The Hall–Kier alpha value is 0.177. The first-order valence-electron chi connectivity index (χ1n) is 9.62. The number of unbranched alkanes of at least 4 members (excludes halogenated alkanes) is 15. The van der Waals surface area contributed by atoms with Gasteiger partial charge >= 0.3 is 0 Å². The first-order chi connectivity index (χ1) is 9.91. The fourth-order valence-corrected chi connectivity index (χ4v) is 3.37. The van der Waals surface area contributed by atoms with E-state index in [1.807, 2.05) is 0 Å². The average Bonchev–Trinajstić information content (AvgIpc) is 2.47. The highest BCUT2D eigenvalue weighted by Crippen LogP contribution is 2.13. The second kappa shape index (κ2) is 19.2. The fourth-order valence-electron chi connectivity index (χ4n) is 2.87. The molecular formula is C18H41NSi. The first kappa shape index (κ1) is 20.2. The van der Waals surface area contributed by atoms with E-state index in [-0.39, 0.29) is 0 Å². The molecule has 0 fully saturated rings. The van der Waals surface area contributed by atoms with Gasteiger partial charge in [-0.25, -0.2) is 0 Å². The standard InChI is InChI=1S/C18H41NSi/c19-17-15-13-11-9-7-5-3-1-2-4-6-8-10-12-14-16-18-20/h1-19H2,20H3. The summed E-state index contributed by atoms with van der Waals surface area (Å²) >= 11 is 0. The van der Waals surface area contributed by atoms with Gasteiger partial charge in [0, 0.05) is 10.2 Å².